The lowest BCUT2D eigenvalue weighted by molar-refractivity contribution is -0.351. The number of benzene rings is 2. The van der Waals surface area contributed by atoms with Gasteiger partial charge in [-0.3, -0.25) is 9.59 Å². The molecule has 1 aliphatic heterocycles. The molecule has 1 unspecified atom stereocenters. The van der Waals surface area contributed by atoms with Gasteiger partial charge in [-0.05, 0) is 58.4 Å². The average molecular weight is 653 g/mol. The Kier molecular flexibility index (Phi) is 9.06. The maximum absolute atomic E-state index is 13.9. The molecule has 10 atom stereocenters. The summed E-state index contributed by atoms with van der Waals surface area (Å²) in [5.74, 6) is -4.43. The molecule has 2 saturated carbocycles. The van der Waals surface area contributed by atoms with Gasteiger partial charge < -0.3 is 33.9 Å². The van der Waals surface area contributed by atoms with Crippen LogP contribution < -0.4 is 0 Å². The highest BCUT2D eigenvalue weighted by atomic mass is 16.6. The smallest absolute Gasteiger partial charge is 0.338 e. The topological polar surface area (TPSA) is 155 Å². The van der Waals surface area contributed by atoms with Gasteiger partial charge in [-0.2, -0.15) is 0 Å². The normalized spacial score (nSPS) is 35.9. The molecule has 0 aromatic heterocycles. The van der Waals surface area contributed by atoms with Crippen LogP contribution in [0.3, 0.4) is 0 Å². The van der Waals surface area contributed by atoms with Gasteiger partial charge >= 0.3 is 23.9 Å². The predicted octanol–water partition coefficient (Wildman–Crippen LogP) is 4.03. The minimum Gasteiger partial charge on any atom is -0.458 e. The molecule has 3 fully saturated rings. The van der Waals surface area contributed by atoms with Crippen molar-refractivity contribution in [2.24, 2.45) is 17.3 Å². The number of fused-ring (bicyclic) bond motifs is 1. The molecule has 11 heteroatoms. The molecule has 2 aromatic carbocycles. The fourth-order valence-corrected chi connectivity index (χ4v) is 8.10. The van der Waals surface area contributed by atoms with Crippen LogP contribution in [0.4, 0.5) is 0 Å². The van der Waals surface area contributed by atoms with E-state index in [1.54, 1.807) is 88.4 Å². The molecule has 2 N–H and O–H groups in total. The largest absolute Gasteiger partial charge is 0.458 e. The molecule has 1 saturated heterocycles. The standard InChI is InChI=1S/C36H44O11/c1-8-20(2)30(39)44-24-19-34(6,42)36-27(38)25(33(4,5)47-36)26(45-31(40)22-15-11-9-12-16-22)29(35(36,7)28(24)43-21(3)37)46-32(41)23-17-13-10-14-18-23/h9-18,20,24-29,38,42H,8,19H2,1-7H3/t20?,24-,25+,26+,27-,28-,29-,34-,35-,36-/m0/s1. The van der Waals surface area contributed by atoms with Crippen LogP contribution in [0.5, 0.6) is 0 Å². The van der Waals surface area contributed by atoms with E-state index in [1.807, 2.05) is 6.92 Å². The number of rotatable bonds is 8. The minimum atomic E-state index is -1.97. The number of hydrogen-bond donors (Lipinski definition) is 2. The lowest BCUT2D eigenvalue weighted by Crippen LogP contribution is -2.83. The zero-order valence-electron chi connectivity index (χ0n) is 27.8. The Labute approximate surface area is 274 Å². The fourth-order valence-electron chi connectivity index (χ4n) is 8.10. The molecule has 1 spiro atoms. The Bertz CT molecular complexity index is 1510. The number of carbonyl (C=O) groups is 4. The first-order chi connectivity index (χ1) is 22.0. The lowest BCUT2D eigenvalue weighted by atomic mass is 9.46. The van der Waals surface area contributed by atoms with E-state index in [4.69, 9.17) is 23.7 Å². The second-order valence-corrected chi connectivity index (χ2v) is 13.9. The third kappa shape index (κ3) is 5.52. The summed E-state index contributed by atoms with van der Waals surface area (Å²) in [4.78, 5) is 53.5. The number of ether oxygens (including phenoxy) is 5. The number of hydrogen-bond acceptors (Lipinski definition) is 11. The summed E-state index contributed by atoms with van der Waals surface area (Å²) in [6.07, 6.45) is -6.89. The molecule has 5 rings (SSSR count). The van der Waals surface area contributed by atoms with Crippen LogP contribution in [0.25, 0.3) is 0 Å². The van der Waals surface area contributed by atoms with Gasteiger partial charge in [-0.25, -0.2) is 9.59 Å². The van der Waals surface area contributed by atoms with Crippen molar-refractivity contribution < 1.29 is 53.1 Å². The van der Waals surface area contributed by atoms with E-state index in [9.17, 15) is 29.4 Å². The monoisotopic (exact) mass is 652 g/mol. The summed E-state index contributed by atoms with van der Waals surface area (Å²) in [6, 6.07) is 16.3. The van der Waals surface area contributed by atoms with Gasteiger partial charge in [-0.15, -0.1) is 0 Å². The maximum atomic E-state index is 13.9. The van der Waals surface area contributed by atoms with Crippen molar-refractivity contribution in [3.8, 4) is 0 Å². The number of carbonyl (C=O) groups excluding carboxylic acids is 4. The van der Waals surface area contributed by atoms with Crippen molar-refractivity contribution >= 4 is 23.9 Å². The Morgan fingerprint density at radius 1 is 0.851 bits per heavy atom. The SMILES string of the molecule is CCC(C)C(=O)O[C@H]1C[C@](C)(O)[C@]23OC(C)(C)[C@H]([C@@H](OC(=O)c4ccccc4)[C@H](OC(=O)c4ccccc4)[C@]2(C)[C@H]1OC(C)=O)[C@@H]3O. The first kappa shape index (κ1) is 34.5. The number of aliphatic hydroxyl groups excluding tert-OH is 1. The van der Waals surface area contributed by atoms with Crippen LogP contribution in [-0.4, -0.2) is 81.4 Å². The van der Waals surface area contributed by atoms with E-state index in [1.165, 1.54) is 13.8 Å². The van der Waals surface area contributed by atoms with Crippen molar-refractivity contribution in [1.29, 1.82) is 0 Å². The van der Waals surface area contributed by atoms with Crippen LogP contribution in [0.1, 0.15) is 82.0 Å². The summed E-state index contributed by atoms with van der Waals surface area (Å²) in [5.41, 5.74) is -6.66. The molecule has 0 radical (unpaired) electrons. The zero-order chi connectivity index (χ0) is 34.5. The molecule has 1 heterocycles. The van der Waals surface area contributed by atoms with Gasteiger partial charge in [0.1, 0.15) is 17.8 Å². The van der Waals surface area contributed by atoms with Gasteiger partial charge in [0.05, 0.1) is 45.7 Å². The van der Waals surface area contributed by atoms with Gasteiger partial charge in [-0.1, -0.05) is 50.2 Å². The number of aliphatic hydroxyl groups is 2. The molecule has 11 nitrogen and oxygen atoms in total. The average Bonchev–Trinajstić information content (AvgIpc) is 3.22. The van der Waals surface area contributed by atoms with Crippen LogP contribution in [0.15, 0.2) is 60.7 Å². The molecule has 2 aromatic rings. The van der Waals surface area contributed by atoms with Crippen LogP contribution in [0.2, 0.25) is 0 Å². The van der Waals surface area contributed by atoms with Crippen molar-refractivity contribution in [3.05, 3.63) is 71.8 Å². The van der Waals surface area contributed by atoms with Crippen molar-refractivity contribution in [3.63, 3.8) is 0 Å². The highest BCUT2D eigenvalue weighted by Crippen LogP contribution is 2.68. The Balaban J connectivity index is 1.75. The predicted molar refractivity (Wildman–Crippen MR) is 167 cm³/mol. The van der Waals surface area contributed by atoms with E-state index in [-0.39, 0.29) is 17.5 Å². The maximum Gasteiger partial charge on any atom is 0.338 e. The van der Waals surface area contributed by atoms with Crippen LogP contribution in [-0.2, 0) is 33.3 Å². The van der Waals surface area contributed by atoms with Gasteiger partial charge in [0, 0.05) is 13.3 Å². The van der Waals surface area contributed by atoms with Crippen LogP contribution >= 0.6 is 0 Å². The molecular formula is C36H44O11. The summed E-state index contributed by atoms with van der Waals surface area (Å²) < 4.78 is 31.1. The third-order valence-electron chi connectivity index (χ3n) is 10.4. The third-order valence-corrected chi connectivity index (χ3v) is 10.4. The second-order valence-electron chi connectivity index (χ2n) is 13.9. The molecule has 0 amide bonds. The highest BCUT2D eigenvalue weighted by Gasteiger charge is 2.86. The molecule has 3 aliphatic rings. The van der Waals surface area contributed by atoms with E-state index >= 15 is 0 Å². The summed E-state index contributed by atoms with van der Waals surface area (Å²) in [7, 11) is 0. The summed E-state index contributed by atoms with van der Waals surface area (Å²) in [6.45, 7) is 11.1. The first-order valence-corrected chi connectivity index (χ1v) is 16.0. The van der Waals surface area contributed by atoms with E-state index in [2.05, 4.69) is 0 Å². The molecule has 47 heavy (non-hydrogen) atoms. The second kappa shape index (κ2) is 12.3. The first-order valence-electron chi connectivity index (χ1n) is 16.0. The molecule has 254 valence electrons. The van der Waals surface area contributed by atoms with Crippen molar-refractivity contribution in [2.45, 2.75) is 109 Å². The van der Waals surface area contributed by atoms with Gasteiger partial charge in [0.2, 0.25) is 0 Å². The van der Waals surface area contributed by atoms with E-state index in [0.29, 0.717) is 6.42 Å². The number of esters is 4. The highest BCUT2D eigenvalue weighted by molar-refractivity contribution is 5.90. The minimum absolute atomic E-state index is 0.184. The van der Waals surface area contributed by atoms with Crippen LogP contribution in [0, 0.1) is 17.3 Å². The molecular weight excluding hydrogens is 608 g/mol. The Morgan fingerprint density at radius 2 is 1.38 bits per heavy atom. The molecule has 2 bridgehead atoms. The summed E-state index contributed by atoms with van der Waals surface area (Å²) >= 11 is 0. The van der Waals surface area contributed by atoms with Gasteiger partial charge in [0.15, 0.2) is 12.2 Å². The summed E-state index contributed by atoms with van der Waals surface area (Å²) in [5, 5.41) is 24.7. The van der Waals surface area contributed by atoms with E-state index in [0.717, 1.165) is 0 Å². The Hall–Kier alpha value is -3.80. The quantitative estimate of drug-likeness (QED) is 0.314. The molecule has 2 aliphatic carbocycles. The van der Waals surface area contributed by atoms with Gasteiger partial charge in [0.25, 0.3) is 0 Å². The Morgan fingerprint density at radius 3 is 1.89 bits per heavy atom. The zero-order valence-corrected chi connectivity index (χ0v) is 27.8. The van der Waals surface area contributed by atoms with Crippen molar-refractivity contribution in [2.75, 3.05) is 0 Å². The lowest BCUT2D eigenvalue weighted by Gasteiger charge is -2.65. The fraction of sp³-hybridized carbons (Fsp3) is 0.556. The van der Waals surface area contributed by atoms with E-state index < -0.39 is 88.5 Å². The van der Waals surface area contributed by atoms with Crippen molar-refractivity contribution in [1.82, 2.24) is 0 Å².